The van der Waals surface area contributed by atoms with E-state index in [-0.39, 0.29) is 0 Å². The number of hydrogen-bond acceptors (Lipinski definition) is 3. The highest BCUT2D eigenvalue weighted by molar-refractivity contribution is 4.89. The predicted molar refractivity (Wildman–Crippen MR) is 48.0 cm³/mol. The van der Waals surface area contributed by atoms with Crippen molar-refractivity contribution < 1.29 is 4.74 Å². The highest BCUT2D eigenvalue weighted by Crippen LogP contribution is 2.35. The Morgan fingerprint density at radius 2 is 2.00 bits per heavy atom. The summed E-state index contributed by atoms with van der Waals surface area (Å²) in [5, 5.41) is 0. The summed E-state index contributed by atoms with van der Waals surface area (Å²) in [5.74, 6) is 0.896. The van der Waals surface area contributed by atoms with E-state index in [1.807, 2.05) is 0 Å². The Balaban J connectivity index is 1.85. The highest BCUT2D eigenvalue weighted by Gasteiger charge is 2.34. The number of morpholine rings is 1. The molecular formula is C9H18N2O. The molecule has 1 saturated heterocycles. The van der Waals surface area contributed by atoms with Crippen LogP contribution in [0.2, 0.25) is 0 Å². The quantitative estimate of drug-likeness (QED) is 0.650. The fourth-order valence-corrected chi connectivity index (χ4v) is 2.03. The number of nitrogens with zero attached hydrogens (tertiary/aromatic N) is 1. The van der Waals surface area contributed by atoms with E-state index in [9.17, 15) is 0 Å². The molecule has 1 aliphatic carbocycles. The molecule has 2 N–H and O–H groups in total. The molecule has 1 unspecified atom stereocenters. The molecule has 0 aromatic rings. The van der Waals surface area contributed by atoms with Crippen molar-refractivity contribution in [2.24, 2.45) is 11.7 Å². The Bertz CT molecular complexity index is 141. The molecule has 0 radical (unpaired) electrons. The summed E-state index contributed by atoms with van der Waals surface area (Å²) >= 11 is 0. The molecule has 0 amide bonds. The lowest BCUT2D eigenvalue weighted by molar-refractivity contribution is 0.0137. The molecule has 3 heteroatoms. The first-order valence-electron chi connectivity index (χ1n) is 4.93. The van der Waals surface area contributed by atoms with Crippen molar-refractivity contribution in [3.05, 3.63) is 0 Å². The van der Waals surface area contributed by atoms with Crippen molar-refractivity contribution in [1.29, 1.82) is 0 Å². The third-order valence-corrected chi connectivity index (χ3v) is 2.92. The maximum atomic E-state index is 5.76. The average Bonchev–Trinajstić information content (AvgIpc) is 2.92. The van der Waals surface area contributed by atoms with Crippen LogP contribution in [0.25, 0.3) is 0 Å². The van der Waals surface area contributed by atoms with Gasteiger partial charge in [-0.15, -0.1) is 0 Å². The standard InChI is InChI=1S/C9H18N2O/c10-7-9(8-1-2-8)11-3-5-12-6-4-11/h8-9H,1-7,10H2. The average molecular weight is 170 g/mol. The van der Waals surface area contributed by atoms with Gasteiger partial charge < -0.3 is 10.5 Å². The van der Waals surface area contributed by atoms with Gasteiger partial charge in [0, 0.05) is 25.7 Å². The van der Waals surface area contributed by atoms with Crippen molar-refractivity contribution in [3.8, 4) is 0 Å². The number of ether oxygens (including phenoxy) is 1. The topological polar surface area (TPSA) is 38.5 Å². The second-order valence-electron chi connectivity index (χ2n) is 3.79. The van der Waals surface area contributed by atoms with Crippen LogP contribution in [0, 0.1) is 5.92 Å². The zero-order valence-corrected chi connectivity index (χ0v) is 7.54. The second kappa shape index (κ2) is 3.73. The molecule has 1 aliphatic heterocycles. The Morgan fingerprint density at radius 3 is 2.50 bits per heavy atom. The molecule has 3 nitrogen and oxygen atoms in total. The smallest absolute Gasteiger partial charge is 0.0594 e. The summed E-state index contributed by atoms with van der Waals surface area (Å²) < 4.78 is 5.31. The minimum atomic E-state index is 0.647. The molecule has 0 aromatic heterocycles. The van der Waals surface area contributed by atoms with Gasteiger partial charge in [-0.05, 0) is 18.8 Å². The van der Waals surface area contributed by atoms with E-state index in [2.05, 4.69) is 4.90 Å². The van der Waals surface area contributed by atoms with Gasteiger partial charge in [-0.3, -0.25) is 4.90 Å². The first kappa shape index (κ1) is 8.48. The van der Waals surface area contributed by atoms with Gasteiger partial charge in [0.1, 0.15) is 0 Å². The van der Waals surface area contributed by atoms with Gasteiger partial charge >= 0.3 is 0 Å². The molecule has 1 saturated carbocycles. The zero-order chi connectivity index (χ0) is 8.39. The molecule has 1 heterocycles. The molecule has 0 aromatic carbocycles. The lowest BCUT2D eigenvalue weighted by Gasteiger charge is -2.33. The third kappa shape index (κ3) is 1.79. The Kier molecular flexibility index (Phi) is 2.63. The summed E-state index contributed by atoms with van der Waals surface area (Å²) in [6, 6.07) is 0.647. The Hall–Kier alpha value is -0.120. The van der Waals surface area contributed by atoms with Gasteiger partial charge in [0.2, 0.25) is 0 Å². The maximum absolute atomic E-state index is 5.76. The first-order valence-corrected chi connectivity index (χ1v) is 4.93. The van der Waals surface area contributed by atoms with Crippen LogP contribution in [0.3, 0.4) is 0 Å². The van der Waals surface area contributed by atoms with E-state index in [0.717, 1.165) is 38.8 Å². The van der Waals surface area contributed by atoms with Crippen LogP contribution in [-0.4, -0.2) is 43.8 Å². The van der Waals surface area contributed by atoms with Gasteiger partial charge in [0.25, 0.3) is 0 Å². The summed E-state index contributed by atoms with van der Waals surface area (Å²) in [5.41, 5.74) is 5.76. The van der Waals surface area contributed by atoms with Crippen molar-refractivity contribution in [3.63, 3.8) is 0 Å². The molecular weight excluding hydrogens is 152 g/mol. The van der Waals surface area contributed by atoms with Crippen molar-refractivity contribution in [1.82, 2.24) is 4.90 Å². The predicted octanol–water partition coefficient (Wildman–Crippen LogP) is 0.0559. The summed E-state index contributed by atoms with van der Waals surface area (Å²) in [6.45, 7) is 4.77. The molecule has 2 fully saturated rings. The van der Waals surface area contributed by atoms with E-state index >= 15 is 0 Å². The fourth-order valence-electron chi connectivity index (χ4n) is 2.03. The van der Waals surface area contributed by atoms with Crippen LogP contribution in [0.1, 0.15) is 12.8 Å². The van der Waals surface area contributed by atoms with Crippen molar-refractivity contribution in [2.45, 2.75) is 18.9 Å². The Morgan fingerprint density at radius 1 is 1.33 bits per heavy atom. The number of nitrogens with two attached hydrogens (primary N) is 1. The van der Waals surface area contributed by atoms with Gasteiger partial charge in [0.15, 0.2) is 0 Å². The number of rotatable bonds is 3. The van der Waals surface area contributed by atoms with E-state index in [0.29, 0.717) is 6.04 Å². The number of hydrogen-bond donors (Lipinski definition) is 1. The third-order valence-electron chi connectivity index (χ3n) is 2.92. The van der Waals surface area contributed by atoms with Crippen LogP contribution >= 0.6 is 0 Å². The van der Waals surface area contributed by atoms with Crippen LogP contribution in [0.5, 0.6) is 0 Å². The highest BCUT2D eigenvalue weighted by atomic mass is 16.5. The van der Waals surface area contributed by atoms with Crippen LogP contribution in [0.15, 0.2) is 0 Å². The lowest BCUT2D eigenvalue weighted by Crippen LogP contribution is -2.48. The van der Waals surface area contributed by atoms with Crippen LogP contribution < -0.4 is 5.73 Å². The van der Waals surface area contributed by atoms with Crippen molar-refractivity contribution in [2.75, 3.05) is 32.8 Å². The monoisotopic (exact) mass is 170 g/mol. The molecule has 0 bridgehead atoms. The SMILES string of the molecule is NCC(C1CC1)N1CCOCC1. The van der Waals surface area contributed by atoms with Crippen molar-refractivity contribution >= 4 is 0 Å². The van der Waals surface area contributed by atoms with Crippen LogP contribution in [-0.2, 0) is 4.74 Å². The van der Waals surface area contributed by atoms with Crippen LogP contribution in [0.4, 0.5) is 0 Å². The van der Waals surface area contributed by atoms with E-state index < -0.39 is 0 Å². The molecule has 70 valence electrons. The van der Waals surface area contributed by atoms with Gasteiger partial charge in [-0.25, -0.2) is 0 Å². The molecule has 2 rings (SSSR count). The molecule has 2 aliphatic rings. The first-order chi connectivity index (χ1) is 5.92. The molecule has 12 heavy (non-hydrogen) atoms. The molecule has 0 spiro atoms. The summed E-state index contributed by atoms with van der Waals surface area (Å²) in [6.07, 6.45) is 2.78. The minimum absolute atomic E-state index is 0.647. The van der Waals surface area contributed by atoms with E-state index in [4.69, 9.17) is 10.5 Å². The summed E-state index contributed by atoms with van der Waals surface area (Å²) in [4.78, 5) is 2.50. The summed E-state index contributed by atoms with van der Waals surface area (Å²) in [7, 11) is 0. The van der Waals surface area contributed by atoms with Gasteiger partial charge in [-0.1, -0.05) is 0 Å². The minimum Gasteiger partial charge on any atom is -0.379 e. The largest absolute Gasteiger partial charge is 0.379 e. The molecule has 1 atom stereocenters. The Labute approximate surface area is 73.9 Å². The normalized spacial score (nSPS) is 28.8. The van der Waals surface area contributed by atoms with Gasteiger partial charge in [0.05, 0.1) is 13.2 Å². The van der Waals surface area contributed by atoms with E-state index in [1.54, 1.807) is 0 Å². The van der Waals surface area contributed by atoms with E-state index in [1.165, 1.54) is 12.8 Å². The maximum Gasteiger partial charge on any atom is 0.0594 e. The van der Waals surface area contributed by atoms with Gasteiger partial charge in [-0.2, -0.15) is 0 Å². The second-order valence-corrected chi connectivity index (χ2v) is 3.79. The fraction of sp³-hybridized carbons (Fsp3) is 1.00. The lowest BCUT2D eigenvalue weighted by atomic mass is 10.1. The zero-order valence-electron chi connectivity index (χ0n) is 7.54.